The van der Waals surface area contributed by atoms with Gasteiger partial charge in [0.05, 0.1) is 6.61 Å². The molecule has 1 rings (SSSR count). The molecule has 0 aliphatic carbocycles. The smallest absolute Gasteiger partial charge is 0.255 e. The predicted molar refractivity (Wildman–Crippen MR) is 59.8 cm³/mol. The zero-order valence-corrected chi connectivity index (χ0v) is 9.17. The van der Waals surface area contributed by atoms with Crippen molar-refractivity contribution in [1.29, 1.82) is 0 Å². The number of nitrogens with zero attached hydrogens (tertiary/aromatic N) is 1. The number of rotatable bonds is 5. The van der Waals surface area contributed by atoms with Gasteiger partial charge in [-0.3, -0.25) is 4.79 Å². The summed E-state index contributed by atoms with van der Waals surface area (Å²) in [6.07, 6.45) is 0.729. The summed E-state index contributed by atoms with van der Waals surface area (Å²) in [4.78, 5) is 11.1. The van der Waals surface area contributed by atoms with E-state index < -0.39 is 5.91 Å². The van der Waals surface area contributed by atoms with Gasteiger partial charge in [-0.05, 0) is 18.0 Å². The topological polar surface area (TPSA) is 114 Å². The van der Waals surface area contributed by atoms with Crippen molar-refractivity contribution in [3.63, 3.8) is 0 Å². The Morgan fingerprint density at radius 3 is 2.87 bits per heavy atom. The van der Waals surface area contributed by atoms with Crippen LogP contribution in [-0.4, -0.2) is 28.0 Å². The number of amides is 1. The van der Waals surface area contributed by atoms with Crippen molar-refractivity contribution in [3.8, 4) is 0 Å². The molecule has 0 saturated heterocycles. The minimum atomic E-state index is -0.614. The van der Waals surface area contributed by atoms with Gasteiger partial charge in [0.1, 0.15) is 10.6 Å². The number of carbonyl (C=O) groups is 1. The molecule has 0 aromatic carbocycles. The number of aliphatic hydroxyl groups is 1. The maximum Gasteiger partial charge on any atom is 0.255 e. The fraction of sp³-hybridized carbons (Fsp3) is 0.500. The number of nitrogen functional groups attached to an aromatic ring is 1. The third-order valence-electron chi connectivity index (χ3n) is 2.01. The summed E-state index contributed by atoms with van der Waals surface area (Å²) in [6.45, 7) is 1.90. The Hall–Kier alpha value is -1.34. The number of primary amides is 1. The molecular weight excluding hydrogens is 216 g/mol. The van der Waals surface area contributed by atoms with Crippen molar-refractivity contribution < 1.29 is 9.90 Å². The van der Waals surface area contributed by atoms with E-state index in [0.717, 1.165) is 18.0 Å². The van der Waals surface area contributed by atoms with Crippen LogP contribution in [0.3, 0.4) is 0 Å². The molecule has 0 aliphatic heterocycles. The average molecular weight is 230 g/mol. The first-order valence-electron chi connectivity index (χ1n) is 4.52. The third kappa shape index (κ3) is 2.57. The summed E-state index contributed by atoms with van der Waals surface area (Å²) in [5.74, 6) is -0.487. The Balaban J connectivity index is 2.89. The normalized spacial score (nSPS) is 12.4. The van der Waals surface area contributed by atoms with E-state index in [2.05, 4.69) is 9.69 Å². The molecule has 0 bridgehead atoms. The lowest BCUT2D eigenvalue weighted by Crippen LogP contribution is -2.24. The number of nitrogens with two attached hydrogens (primary N) is 2. The van der Waals surface area contributed by atoms with E-state index >= 15 is 0 Å². The van der Waals surface area contributed by atoms with Gasteiger partial charge in [-0.2, -0.15) is 4.37 Å². The second-order valence-corrected chi connectivity index (χ2v) is 3.84. The van der Waals surface area contributed by atoms with E-state index in [9.17, 15) is 4.79 Å². The van der Waals surface area contributed by atoms with Gasteiger partial charge in [-0.15, -0.1) is 0 Å². The third-order valence-corrected chi connectivity index (χ3v) is 2.81. The van der Waals surface area contributed by atoms with Gasteiger partial charge in [0.2, 0.25) is 0 Å². The molecule has 1 aromatic heterocycles. The molecule has 7 heteroatoms. The first-order chi connectivity index (χ1) is 7.10. The van der Waals surface area contributed by atoms with E-state index in [1.807, 2.05) is 6.92 Å². The molecule has 0 radical (unpaired) electrons. The fourth-order valence-electron chi connectivity index (χ4n) is 1.10. The molecule has 15 heavy (non-hydrogen) atoms. The molecule has 6 N–H and O–H groups in total. The van der Waals surface area contributed by atoms with Crippen LogP contribution in [0.25, 0.3) is 0 Å². The summed E-state index contributed by atoms with van der Waals surface area (Å²) in [6, 6.07) is -0.122. The Labute approximate surface area is 91.4 Å². The van der Waals surface area contributed by atoms with Crippen LogP contribution in [0.4, 0.5) is 10.8 Å². The summed E-state index contributed by atoms with van der Waals surface area (Å²) >= 11 is 1.07. The van der Waals surface area contributed by atoms with Crippen molar-refractivity contribution in [2.75, 3.05) is 17.7 Å². The van der Waals surface area contributed by atoms with Gasteiger partial charge in [-0.1, -0.05) is 6.92 Å². The molecule has 1 aromatic rings. The van der Waals surface area contributed by atoms with Crippen molar-refractivity contribution in [2.45, 2.75) is 19.4 Å². The lowest BCUT2D eigenvalue weighted by atomic mass is 10.2. The van der Waals surface area contributed by atoms with E-state index in [-0.39, 0.29) is 24.0 Å². The number of hydrogen-bond donors (Lipinski definition) is 4. The van der Waals surface area contributed by atoms with Gasteiger partial charge < -0.3 is 21.9 Å². The average Bonchev–Trinajstić information content (AvgIpc) is 2.56. The van der Waals surface area contributed by atoms with Gasteiger partial charge in [0.15, 0.2) is 5.82 Å². The van der Waals surface area contributed by atoms with Crippen molar-refractivity contribution >= 4 is 28.3 Å². The molecule has 84 valence electrons. The highest BCUT2D eigenvalue weighted by molar-refractivity contribution is 7.11. The van der Waals surface area contributed by atoms with Crippen molar-refractivity contribution in [1.82, 2.24) is 4.37 Å². The van der Waals surface area contributed by atoms with Gasteiger partial charge >= 0.3 is 0 Å². The summed E-state index contributed by atoms with van der Waals surface area (Å²) in [5.41, 5.74) is 10.9. The van der Waals surface area contributed by atoms with Crippen molar-refractivity contribution in [3.05, 3.63) is 5.56 Å². The fourth-order valence-corrected chi connectivity index (χ4v) is 1.90. The maximum atomic E-state index is 11.1. The van der Waals surface area contributed by atoms with Crippen LogP contribution in [0.15, 0.2) is 0 Å². The minimum Gasteiger partial charge on any atom is -0.394 e. The van der Waals surface area contributed by atoms with E-state index in [1.165, 1.54) is 0 Å². The first kappa shape index (κ1) is 11.7. The Morgan fingerprint density at radius 2 is 2.40 bits per heavy atom. The van der Waals surface area contributed by atoms with Crippen LogP contribution in [-0.2, 0) is 0 Å². The van der Waals surface area contributed by atoms with Crippen LogP contribution in [0.5, 0.6) is 0 Å². The highest BCUT2D eigenvalue weighted by atomic mass is 32.1. The zero-order valence-electron chi connectivity index (χ0n) is 8.36. The number of anilines is 2. The summed E-state index contributed by atoms with van der Waals surface area (Å²) in [5, 5.41) is 12.5. The standard InChI is InChI=1S/C8H14N4O2S/c1-2-4(3-13)11-8-5(7(10)14)6(9)12-15-8/h4,11,13H,2-3H2,1H3,(H2,9,12)(H2,10,14). The van der Waals surface area contributed by atoms with Crippen LogP contribution >= 0.6 is 11.5 Å². The molecular formula is C8H14N4O2S. The number of nitrogens with one attached hydrogen (secondary N) is 1. The molecule has 0 fully saturated rings. The second-order valence-electron chi connectivity index (χ2n) is 3.07. The molecule has 0 saturated carbocycles. The molecule has 0 aliphatic rings. The molecule has 1 amide bonds. The molecule has 1 unspecified atom stereocenters. The monoisotopic (exact) mass is 230 g/mol. The SMILES string of the molecule is CCC(CO)Nc1snc(N)c1C(N)=O. The number of carbonyl (C=O) groups excluding carboxylic acids is 1. The van der Waals surface area contributed by atoms with Crippen LogP contribution in [0.1, 0.15) is 23.7 Å². The van der Waals surface area contributed by atoms with E-state index in [4.69, 9.17) is 16.6 Å². The Kier molecular flexibility index (Phi) is 3.87. The Bertz CT molecular complexity index is 348. The number of hydrogen-bond acceptors (Lipinski definition) is 6. The van der Waals surface area contributed by atoms with Crippen LogP contribution in [0.2, 0.25) is 0 Å². The molecule has 6 nitrogen and oxygen atoms in total. The lowest BCUT2D eigenvalue weighted by Gasteiger charge is -2.13. The number of aliphatic hydroxyl groups excluding tert-OH is 1. The first-order valence-corrected chi connectivity index (χ1v) is 5.29. The maximum absolute atomic E-state index is 11.1. The quantitative estimate of drug-likeness (QED) is 0.568. The minimum absolute atomic E-state index is 0.0213. The Morgan fingerprint density at radius 1 is 1.73 bits per heavy atom. The van der Waals surface area contributed by atoms with E-state index in [0.29, 0.717) is 5.00 Å². The summed E-state index contributed by atoms with van der Waals surface area (Å²) in [7, 11) is 0. The van der Waals surface area contributed by atoms with E-state index in [1.54, 1.807) is 0 Å². The van der Waals surface area contributed by atoms with Gasteiger partial charge in [0.25, 0.3) is 5.91 Å². The predicted octanol–water partition coefficient (Wildman–Crippen LogP) is 0.00700. The van der Waals surface area contributed by atoms with Crippen LogP contribution in [0, 0.1) is 0 Å². The van der Waals surface area contributed by atoms with Crippen molar-refractivity contribution in [2.24, 2.45) is 5.73 Å². The highest BCUT2D eigenvalue weighted by Crippen LogP contribution is 2.26. The molecule has 0 spiro atoms. The lowest BCUT2D eigenvalue weighted by molar-refractivity contribution is 0.100. The van der Waals surface area contributed by atoms with Crippen LogP contribution < -0.4 is 16.8 Å². The van der Waals surface area contributed by atoms with Gasteiger partial charge in [-0.25, -0.2) is 0 Å². The largest absolute Gasteiger partial charge is 0.394 e. The second kappa shape index (κ2) is 4.94. The zero-order chi connectivity index (χ0) is 11.4. The molecule has 1 heterocycles. The summed E-state index contributed by atoms with van der Waals surface area (Å²) < 4.78 is 3.83. The number of aromatic nitrogens is 1. The molecule has 1 atom stereocenters. The van der Waals surface area contributed by atoms with Gasteiger partial charge in [0, 0.05) is 6.04 Å². The highest BCUT2D eigenvalue weighted by Gasteiger charge is 2.18.